The van der Waals surface area contributed by atoms with Gasteiger partial charge in [-0.25, -0.2) is 0 Å². The molecule has 0 aliphatic heterocycles. The highest BCUT2D eigenvalue weighted by Gasteiger charge is 2.19. The molecule has 0 fully saturated rings. The lowest BCUT2D eigenvalue weighted by Crippen LogP contribution is -2.11. The SMILES string of the molecule is c1ccc(-c2cccc(N(c3ccc4c(ccc5ccccc54)c3)c3ccccc3-c3ccc4ccc5ccc6ccccc6c5c4c3)c2)cc1. The van der Waals surface area contributed by atoms with Crippen LogP contribution in [-0.2, 0) is 0 Å². The van der Waals surface area contributed by atoms with Crippen molar-refractivity contribution in [3.63, 3.8) is 0 Å². The largest absolute Gasteiger partial charge is 0.310 e. The zero-order valence-corrected chi connectivity index (χ0v) is 28.0. The Balaban J connectivity index is 1.21. The maximum absolute atomic E-state index is 2.43. The predicted octanol–water partition coefficient (Wildman–Crippen LogP) is 14.3. The van der Waals surface area contributed by atoms with E-state index in [9.17, 15) is 0 Å². The number of para-hydroxylation sites is 1. The Bertz CT molecular complexity index is 2920. The summed E-state index contributed by atoms with van der Waals surface area (Å²) in [6.45, 7) is 0. The van der Waals surface area contributed by atoms with E-state index in [1.807, 2.05) is 0 Å². The molecule has 10 rings (SSSR count). The fourth-order valence-electron chi connectivity index (χ4n) is 7.93. The van der Waals surface area contributed by atoms with Crippen LogP contribution in [0.4, 0.5) is 17.1 Å². The fourth-order valence-corrected chi connectivity index (χ4v) is 7.93. The molecule has 0 heterocycles. The van der Waals surface area contributed by atoms with Gasteiger partial charge in [-0.2, -0.15) is 0 Å². The van der Waals surface area contributed by atoms with Crippen molar-refractivity contribution >= 4 is 70.9 Å². The Morgan fingerprint density at radius 3 is 1.71 bits per heavy atom. The van der Waals surface area contributed by atoms with Gasteiger partial charge in [0.15, 0.2) is 0 Å². The van der Waals surface area contributed by atoms with Crippen molar-refractivity contribution in [1.29, 1.82) is 0 Å². The zero-order valence-electron chi connectivity index (χ0n) is 28.0. The van der Waals surface area contributed by atoms with Gasteiger partial charge in [0, 0.05) is 16.9 Å². The lowest BCUT2D eigenvalue weighted by molar-refractivity contribution is 1.29. The van der Waals surface area contributed by atoms with Gasteiger partial charge in [0.25, 0.3) is 0 Å². The molecule has 0 saturated carbocycles. The molecule has 1 heteroatoms. The Morgan fingerprint density at radius 1 is 0.275 bits per heavy atom. The second kappa shape index (κ2) is 12.0. The Labute approximate surface area is 297 Å². The standard InChI is InChI=1S/C50H33N/c1-2-11-34(12-3-1)39-15-10-16-42(31-39)51(43-29-30-45-40(32-43)27-23-35-13-4-6-17-44(35)45)49-20-9-8-18-46(49)41-28-24-37-22-26-38-25-21-36-14-5-7-19-47(36)50(38)48(37)33-41/h1-33H. The first kappa shape index (κ1) is 29.2. The zero-order chi connectivity index (χ0) is 33.7. The van der Waals surface area contributed by atoms with Crippen molar-refractivity contribution in [3.8, 4) is 22.3 Å². The second-order valence-electron chi connectivity index (χ2n) is 13.3. The van der Waals surface area contributed by atoms with Gasteiger partial charge < -0.3 is 4.90 Å². The molecule has 0 aliphatic rings. The first-order valence-electron chi connectivity index (χ1n) is 17.6. The maximum Gasteiger partial charge on any atom is 0.0540 e. The van der Waals surface area contributed by atoms with Crippen LogP contribution in [0.1, 0.15) is 0 Å². The number of hydrogen-bond donors (Lipinski definition) is 0. The topological polar surface area (TPSA) is 3.24 Å². The van der Waals surface area contributed by atoms with E-state index in [0.29, 0.717) is 0 Å². The number of anilines is 3. The van der Waals surface area contributed by atoms with Crippen molar-refractivity contribution in [3.05, 3.63) is 200 Å². The molecule has 0 aliphatic carbocycles. The van der Waals surface area contributed by atoms with Gasteiger partial charge in [-0.05, 0) is 107 Å². The summed E-state index contributed by atoms with van der Waals surface area (Å²) in [4.78, 5) is 2.43. The summed E-state index contributed by atoms with van der Waals surface area (Å²) in [5.41, 5.74) is 8.12. The molecule has 238 valence electrons. The first-order chi connectivity index (χ1) is 25.3. The highest BCUT2D eigenvalue weighted by molar-refractivity contribution is 6.21. The fraction of sp³-hybridized carbons (Fsp3) is 0. The highest BCUT2D eigenvalue weighted by atomic mass is 15.1. The van der Waals surface area contributed by atoms with E-state index in [1.54, 1.807) is 0 Å². The van der Waals surface area contributed by atoms with Crippen molar-refractivity contribution < 1.29 is 0 Å². The highest BCUT2D eigenvalue weighted by Crippen LogP contribution is 2.44. The molecule has 0 amide bonds. The number of benzene rings is 10. The molecule has 10 aromatic rings. The Hall–Kier alpha value is -6.70. The number of nitrogens with zero attached hydrogens (tertiary/aromatic N) is 1. The normalized spacial score (nSPS) is 11.5. The van der Waals surface area contributed by atoms with Gasteiger partial charge in [-0.3, -0.25) is 0 Å². The van der Waals surface area contributed by atoms with E-state index >= 15 is 0 Å². The van der Waals surface area contributed by atoms with Crippen LogP contribution in [0.3, 0.4) is 0 Å². The van der Waals surface area contributed by atoms with Crippen LogP contribution >= 0.6 is 0 Å². The van der Waals surface area contributed by atoms with E-state index in [4.69, 9.17) is 0 Å². The van der Waals surface area contributed by atoms with Gasteiger partial charge in [0.1, 0.15) is 0 Å². The van der Waals surface area contributed by atoms with E-state index in [2.05, 4.69) is 205 Å². The average Bonchev–Trinajstić information content (AvgIpc) is 3.21. The predicted molar refractivity (Wildman–Crippen MR) is 220 cm³/mol. The lowest BCUT2D eigenvalue weighted by Gasteiger charge is -2.29. The van der Waals surface area contributed by atoms with Crippen LogP contribution in [0, 0.1) is 0 Å². The number of fused-ring (bicyclic) bond motifs is 8. The summed E-state index contributed by atoms with van der Waals surface area (Å²) < 4.78 is 0. The van der Waals surface area contributed by atoms with Gasteiger partial charge >= 0.3 is 0 Å². The van der Waals surface area contributed by atoms with E-state index in [1.165, 1.54) is 76.1 Å². The summed E-state index contributed by atoms with van der Waals surface area (Å²) in [5.74, 6) is 0. The molecule has 0 radical (unpaired) electrons. The molecule has 1 nitrogen and oxygen atoms in total. The van der Waals surface area contributed by atoms with Gasteiger partial charge in [0.05, 0.1) is 5.69 Å². The lowest BCUT2D eigenvalue weighted by atomic mass is 9.93. The maximum atomic E-state index is 2.43. The molecule has 0 spiro atoms. The third kappa shape index (κ3) is 5.02. The van der Waals surface area contributed by atoms with E-state index in [0.717, 1.165) is 17.1 Å². The summed E-state index contributed by atoms with van der Waals surface area (Å²) in [5, 5.41) is 12.6. The van der Waals surface area contributed by atoms with Crippen molar-refractivity contribution in [2.75, 3.05) is 4.90 Å². The molecule has 0 saturated heterocycles. The van der Waals surface area contributed by atoms with Crippen molar-refractivity contribution in [2.45, 2.75) is 0 Å². The number of rotatable bonds is 5. The Morgan fingerprint density at radius 2 is 0.863 bits per heavy atom. The summed E-state index contributed by atoms with van der Waals surface area (Å²) in [6, 6.07) is 73.1. The van der Waals surface area contributed by atoms with Crippen LogP contribution in [-0.4, -0.2) is 0 Å². The van der Waals surface area contributed by atoms with Crippen molar-refractivity contribution in [1.82, 2.24) is 0 Å². The van der Waals surface area contributed by atoms with Crippen LogP contribution in [0.25, 0.3) is 76.1 Å². The second-order valence-corrected chi connectivity index (χ2v) is 13.3. The molecule has 51 heavy (non-hydrogen) atoms. The van der Waals surface area contributed by atoms with E-state index < -0.39 is 0 Å². The van der Waals surface area contributed by atoms with Crippen LogP contribution in [0.2, 0.25) is 0 Å². The van der Waals surface area contributed by atoms with Crippen LogP contribution < -0.4 is 4.90 Å². The minimum atomic E-state index is 1.11. The smallest absolute Gasteiger partial charge is 0.0540 e. The molecule has 0 aromatic heterocycles. The minimum Gasteiger partial charge on any atom is -0.310 e. The van der Waals surface area contributed by atoms with Gasteiger partial charge in [0.2, 0.25) is 0 Å². The van der Waals surface area contributed by atoms with Crippen molar-refractivity contribution in [2.24, 2.45) is 0 Å². The third-order valence-electron chi connectivity index (χ3n) is 10.4. The molecule has 0 N–H and O–H groups in total. The summed E-state index contributed by atoms with van der Waals surface area (Å²) in [7, 11) is 0. The van der Waals surface area contributed by atoms with Gasteiger partial charge in [-0.1, -0.05) is 164 Å². The van der Waals surface area contributed by atoms with E-state index in [-0.39, 0.29) is 0 Å². The van der Waals surface area contributed by atoms with Crippen LogP contribution in [0.5, 0.6) is 0 Å². The molecule has 0 bridgehead atoms. The minimum absolute atomic E-state index is 1.11. The molecule has 0 atom stereocenters. The average molecular weight is 648 g/mol. The molecular formula is C50H33N. The number of hydrogen-bond acceptors (Lipinski definition) is 1. The summed E-state index contributed by atoms with van der Waals surface area (Å²) >= 11 is 0. The summed E-state index contributed by atoms with van der Waals surface area (Å²) in [6.07, 6.45) is 0. The third-order valence-corrected chi connectivity index (χ3v) is 10.4. The van der Waals surface area contributed by atoms with Gasteiger partial charge in [-0.15, -0.1) is 0 Å². The molecular weight excluding hydrogens is 615 g/mol. The Kier molecular flexibility index (Phi) is 6.89. The molecule has 0 unspecified atom stereocenters. The monoisotopic (exact) mass is 647 g/mol. The first-order valence-corrected chi connectivity index (χ1v) is 17.6. The molecule has 10 aromatic carbocycles. The van der Waals surface area contributed by atoms with Crippen LogP contribution in [0.15, 0.2) is 200 Å². The quantitative estimate of drug-likeness (QED) is 0.168.